The van der Waals surface area contributed by atoms with E-state index in [0.29, 0.717) is 34.3 Å². The fourth-order valence-electron chi connectivity index (χ4n) is 2.39. The predicted octanol–water partition coefficient (Wildman–Crippen LogP) is 4.25. The molecule has 0 saturated carbocycles. The van der Waals surface area contributed by atoms with Gasteiger partial charge in [-0.1, -0.05) is 18.2 Å². The summed E-state index contributed by atoms with van der Waals surface area (Å²) in [7, 11) is 0. The van der Waals surface area contributed by atoms with Crippen molar-refractivity contribution >= 4 is 18.4 Å². The molecule has 6 nitrogen and oxygen atoms in total. The SMILES string of the molecule is CCOc1cc(/C=N\n2c(C)n[nH]c2=S)ccc1OCc1ccccc1F. The van der Waals surface area contributed by atoms with Crippen molar-refractivity contribution in [3.8, 4) is 11.5 Å². The van der Waals surface area contributed by atoms with Crippen molar-refractivity contribution in [1.82, 2.24) is 14.9 Å². The Morgan fingerprint density at radius 1 is 1.22 bits per heavy atom. The zero-order valence-corrected chi connectivity index (χ0v) is 15.8. The van der Waals surface area contributed by atoms with Crippen LogP contribution < -0.4 is 9.47 Å². The number of aromatic nitrogens is 3. The number of aryl methyl sites for hydroxylation is 1. The van der Waals surface area contributed by atoms with E-state index < -0.39 is 0 Å². The number of halogens is 1. The first kappa shape index (κ1) is 18.8. The van der Waals surface area contributed by atoms with Gasteiger partial charge in [0.05, 0.1) is 12.8 Å². The van der Waals surface area contributed by atoms with E-state index in [9.17, 15) is 4.39 Å². The first-order chi connectivity index (χ1) is 13.1. The van der Waals surface area contributed by atoms with Crippen LogP contribution in [0.5, 0.6) is 11.5 Å². The molecule has 1 N–H and O–H groups in total. The lowest BCUT2D eigenvalue weighted by atomic mass is 10.2. The van der Waals surface area contributed by atoms with Crippen molar-refractivity contribution < 1.29 is 13.9 Å². The highest BCUT2D eigenvalue weighted by Crippen LogP contribution is 2.29. The number of nitrogens with one attached hydrogen (secondary N) is 1. The lowest BCUT2D eigenvalue weighted by Gasteiger charge is -2.13. The third-order valence-electron chi connectivity index (χ3n) is 3.74. The monoisotopic (exact) mass is 386 g/mol. The van der Waals surface area contributed by atoms with Crippen LogP contribution in [-0.2, 0) is 6.61 Å². The minimum Gasteiger partial charge on any atom is -0.490 e. The zero-order chi connectivity index (χ0) is 19.2. The van der Waals surface area contributed by atoms with Crippen LogP contribution in [0.1, 0.15) is 23.9 Å². The van der Waals surface area contributed by atoms with Crippen molar-refractivity contribution in [2.75, 3.05) is 6.61 Å². The fourth-order valence-corrected chi connectivity index (χ4v) is 2.62. The van der Waals surface area contributed by atoms with Crippen LogP contribution in [0.2, 0.25) is 0 Å². The van der Waals surface area contributed by atoms with E-state index in [1.54, 1.807) is 37.4 Å². The Kier molecular flexibility index (Phi) is 5.97. The Hall–Kier alpha value is -3.00. The molecular formula is C19H19FN4O2S. The minimum atomic E-state index is -0.300. The summed E-state index contributed by atoms with van der Waals surface area (Å²) in [5.74, 6) is 1.45. The maximum Gasteiger partial charge on any atom is 0.216 e. The number of nitrogens with zero attached hydrogens (tertiary/aromatic N) is 3. The molecule has 2 aromatic carbocycles. The summed E-state index contributed by atoms with van der Waals surface area (Å²) in [6, 6.07) is 11.9. The third kappa shape index (κ3) is 4.59. The molecule has 140 valence electrons. The summed E-state index contributed by atoms with van der Waals surface area (Å²) in [6.07, 6.45) is 1.65. The van der Waals surface area contributed by atoms with E-state index in [1.807, 2.05) is 19.1 Å². The van der Waals surface area contributed by atoms with Gasteiger partial charge in [-0.2, -0.15) is 14.9 Å². The van der Waals surface area contributed by atoms with Gasteiger partial charge in [0.1, 0.15) is 18.2 Å². The third-order valence-corrected chi connectivity index (χ3v) is 4.01. The Bertz CT molecular complexity index is 1010. The summed E-state index contributed by atoms with van der Waals surface area (Å²) >= 11 is 5.12. The molecule has 0 fully saturated rings. The number of aromatic amines is 1. The number of hydrogen-bond donors (Lipinski definition) is 1. The van der Waals surface area contributed by atoms with Crippen LogP contribution in [0.3, 0.4) is 0 Å². The highest BCUT2D eigenvalue weighted by molar-refractivity contribution is 7.71. The van der Waals surface area contributed by atoms with E-state index in [-0.39, 0.29) is 12.4 Å². The van der Waals surface area contributed by atoms with Crippen molar-refractivity contribution in [3.05, 3.63) is 70.0 Å². The maximum atomic E-state index is 13.8. The van der Waals surface area contributed by atoms with Crippen LogP contribution in [0.25, 0.3) is 0 Å². The first-order valence-electron chi connectivity index (χ1n) is 8.40. The van der Waals surface area contributed by atoms with E-state index in [1.165, 1.54) is 10.7 Å². The second-order valence-electron chi connectivity index (χ2n) is 5.65. The summed E-state index contributed by atoms with van der Waals surface area (Å²) in [5.41, 5.74) is 1.29. The molecule has 0 atom stereocenters. The number of ether oxygens (including phenoxy) is 2. The summed E-state index contributed by atoms with van der Waals surface area (Å²) in [6.45, 7) is 4.27. The molecule has 0 saturated heterocycles. The summed E-state index contributed by atoms with van der Waals surface area (Å²) in [5, 5.41) is 11.0. The fraction of sp³-hybridized carbons (Fsp3) is 0.211. The van der Waals surface area contributed by atoms with Gasteiger partial charge in [-0.15, -0.1) is 0 Å². The smallest absolute Gasteiger partial charge is 0.216 e. The molecule has 0 aliphatic rings. The average Bonchev–Trinajstić information content (AvgIpc) is 2.98. The van der Waals surface area contributed by atoms with E-state index in [4.69, 9.17) is 21.7 Å². The van der Waals surface area contributed by atoms with Gasteiger partial charge in [-0.25, -0.2) is 4.39 Å². The number of H-pyrrole nitrogens is 1. The molecule has 3 aromatic rings. The molecule has 0 bridgehead atoms. The molecule has 0 radical (unpaired) electrons. The second kappa shape index (κ2) is 8.59. The van der Waals surface area contributed by atoms with Gasteiger partial charge in [0, 0.05) is 5.56 Å². The van der Waals surface area contributed by atoms with Gasteiger partial charge in [0.15, 0.2) is 11.5 Å². The second-order valence-corrected chi connectivity index (χ2v) is 6.04. The highest BCUT2D eigenvalue weighted by atomic mass is 32.1. The van der Waals surface area contributed by atoms with E-state index >= 15 is 0 Å². The zero-order valence-electron chi connectivity index (χ0n) is 15.0. The molecule has 27 heavy (non-hydrogen) atoms. The average molecular weight is 386 g/mol. The van der Waals surface area contributed by atoms with Crippen molar-refractivity contribution in [2.45, 2.75) is 20.5 Å². The van der Waals surface area contributed by atoms with Crippen LogP contribution in [0, 0.1) is 17.5 Å². The van der Waals surface area contributed by atoms with Gasteiger partial charge >= 0.3 is 0 Å². The van der Waals surface area contributed by atoms with Gasteiger partial charge in [-0.05, 0) is 55.9 Å². The van der Waals surface area contributed by atoms with E-state index in [0.717, 1.165) is 5.56 Å². The van der Waals surface area contributed by atoms with Crippen molar-refractivity contribution in [2.24, 2.45) is 5.10 Å². The molecule has 1 heterocycles. The van der Waals surface area contributed by atoms with Crippen LogP contribution in [-0.4, -0.2) is 27.7 Å². The highest BCUT2D eigenvalue weighted by Gasteiger charge is 2.08. The summed E-state index contributed by atoms with van der Waals surface area (Å²) < 4.78 is 27.1. The molecule has 3 rings (SSSR count). The van der Waals surface area contributed by atoms with Crippen LogP contribution in [0.4, 0.5) is 4.39 Å². The van der Waals surface area contributed by atoms with Crippen molar-refractivity contribution in [3.63, 3.8) is 0 Å². The minimum absolute atomic E-state index is 0.115. The largest absolute Gasteiger partial charge is 0.490 e. The number of rotatable bonds is 7. The van der Waals surface area contributed by atoms with Gasteiger partial charge < -0.3 is 9.47 Å². The summed E-state index contributed by atoms with van der Waals surface area (Å²) in [4.78, 5) is 0. The van der Waals surface area contributed by atoms with Gasteiger partial charge in [-0.3, -0.25) is 5.10 Å². The van der Waals surface area contributed by atoms with Crippen molar-refractivity contribution in [1.29, 1.82) is 0 Å². The number of hydrogen-bond acceptors (Lipinski definition) is 5. The lowest BCUT2D eigenvalue weighted by molar-refractivity contribution is 0.266. The maximum absolute atomic E-state index is 13.8. The molecule has 0 amide bonds. The number of benzene rings is 2. The predicted molar refractivity (Wildman–Crippen MR) is 103 cm³/mol. The molecule has 0 spiro atoms. The molecule has 1 aromatic heterocycles. The first-order valence-corrected chi connectivity index (χ1v) is 8.80. The normalized spacial score (nSPS) is 11.1. The molecule has 0 aliphatic carbocycles. The Morgan fingerprint density at radius 2 is 2.04 bits per heavy atom. The molecule has 0 aliphatic heterocycles. The quantitative estimate of drug-likeness (QED) is 0.487. The van der Waals surface area contributed by atoms with E-state index in [2.05, 4.69) is 15.3 Å². The van der Waals surface area contributed by atoms with Gasteiger partial charge in [0.25, 0.3) is 0 Å². The molecule has 8 heteroatoms. The Morgan fingerprint density at radius 3 is 2.74 bits per heavy atom. The lowest BCUT2D eigenvalue weighted by Crippen LogP contribution is -2.02. The van der Waals surface area contributed by atoms with Crippen LogP contribution in [0.15, 0.2) is 47.6 Å². The Labute approximate surface area is 161 Å². The van der Waals surface area contributed by atoms with Crippen LogP contribution >= 0.6 is 12.2 Å². The molecular weight excluding hydrogens is 367 g/mol. The topological polar surface area (TPSA) is 64.4 Å². The standard InChI is InChI=1S/C19H19FN4O2S/c1-3-25-18-10-14(11-21-24-13(2)22-23-19(24)27)8-9-17(18)26-12-15-6-4-5-7-16(15)20/h4-11H,3,12H2,1-2H3,(H,23,27)/b21-11-. The van der Waals surface area contributed by atoms with Gasteiger partial charge in [0.2, 0.25) is 4.77 Å². The Balaban J connectivity index is 1.80. The molecule has 0 unspecified atom stereocenters.